The molecule has 6 bridgehead atoms. The maximum atomic E-state index is 14.1. The molecule has 5 rings (SSSR count). The van der Waals surface area contributed by atoms with Crippen LogP contribution in [0.4, 0.5) is 10.5 Å². The highest BCUT2D eigenvalue weighted by Crippen LogP contribution is 2.50. The van der Waals surface area contributed by atoms with Crippen LogP contribution in [0.1, 0.15) is 45.6 Å². The van der Waals surface area contributed by atoms with E-state index in [-0.39, 0.29) is 30.9 Å². The maximum Gasteiger partial charge on any atom is 0.409 e. The molecule has 2 amide bonds. The number of hydrogen-bond donors (Lipinski definition) is 2. The Labute approximate surface area is 312 Å². The van der Waals surface area contributed by atoms with E-state index in [1.807, 2.05) is 25.3 Å². The van der Waals surface area contributed by atoms with Gasteiger partial charge in [-0.25, -0.2) is 9.59 Å². The number of carbonyl (C=O) groups is 3. The quantitative estimate of drug-likeness (QED) is 0.179. The van der Waals surface area contributed by atoms with Crippen LogP contribution in [0.3, 0.4) is 0 Å². The van der Waals surface area contributed by atoms with Crippen molar-refractivity contribution in [3.8, 4) is 5.75 Å². The normalized spacial score (nSPS) is 32.1. The van der Waals surface area contributed by atoms with E-state index >= 15 is 0 Å². The van der Waals surface area contributed by atoms with Crippen LogP contribution in [0.5, 0.6) is 5.75 Å². The van der Waals surface area contributed by atoms with E-state index in [1.165, 1.54) is 26.2 Å². The SMILES string of the molecule is COc1cc2cc(c1Cl)N(C)C(=O)C[C@H](OC(=O)C(COCCSSC)OC)[C@@]1(C)CC(C)(O1)[C@@H]1C[C@@](O)(NC(=O)O1)[C@H](OC)/C=C/C=C(\C)C2. The van der Waals surface area contributed by atoms with Crippen LogP contribution < -0.4 is 15.0 Å². The van der Waals surface area contributed by atoms with Crippen molar-refractivity contribution in [2.24, 2.45) is 0 Å². The van der Waals surface area contributed by atoms with Crippen LogP contribution >= 0.6 is 33.2 Å². The first-order chi connectivity index (χ1) is 24.1. The number of halogens is 1. The molecule has 284 valence electrons. The summed E-state index contributed by atoms with van der Waals surface area (Å²) < 4.78 is 40.5. The lowest BCUT2D eigenvalue weighted by Crippen LogP contribution is -2.72. The van der Waals surface area contributed by atoms with E-state index < -0.39 is 59.3 Å². The number of benzene rings is 1. The maximum absolute atomic E-state index is 14.1. The molecule has 51 heavy (non-hydrogen) atoms. The average molecular weight is 773 g/mol. The summed E-state index contributed by atoms with van der Waals surface area (Å²) in [5.74, 6) is -0.0309. The molecule has 2 unspecified atom stereocenters. The first-order valence-corrected chi connectivity index (χ1v) is 19.6. The van der Waals surface area contributed by atoms with Crippen molar-refractivity contribution < 1.29 is 52.6 Å². The molecule has 4 heterocycles. The standard InChI is InChI=1S/C35H49ClN2O11S2/c1-21-10-9-11-26(45-7)35(42)18-28(48-32(41)37-35)34(3)20-33(2,49-34)27(47-31(40)25(44-6)19-46-12-13-51-50-8)17-29(39)38(4)23-15-22(14-21)16-24(43-5)30(23)36/h9-11,15-16,25-28,42H,12-14,17-20H2,1-8H3,(H,37,41)/b11-9+,21-10+/t25?,26-,27+,28+,33-,34?,35+/m1/s1. The van der Waals surface area contributed by atoms with Gasteiger partial charge in [0.2, 0.25) is 5.91 Å². The van der Waals surface area contributed by atoms with E-state index in [9.17, 15) is 19.5 Å². The lowest BCUT2D eigenvalue weighted by Gasteiger charge is -2.59. The van der Waals surface area contributed by atoms with Gasteiger partial charge in [0.25, 0.3) is 0 Å². The molecule has 0 spiro atoms. The number of esters is 1. The van der Waals surface area contributed by atoms with Gasteiger partial charge in [-0.15, -0.1) is 0 Å². The molecule has 0 saturated carbocycles. The summed E-state index contributed by atoms with van der Waals surface area (Å²) >= 11 is 6.75. The molecule has 1 aromatic carbocycles. The smallest absolute Gasteiger partial charge is 0.409 e. The average Bonchev–Trinajstić information content (AvgIpc) is 3.06. The molecular formula is C35H49ClN2O11S2. The number of carbonyl (C=O) groups excluding carboxylic acids is 3. The van der Waals surface area contributed by atoms with Gasteiger partial charge in [0, 0.05) is 39.9 Å². The predicted molar refractivity (Wildman–Crippen MR) is 196 cm³/mol. The molecule has 0 aliphatic carbocycles. The van der Waals surface area contributed by atoms with E-state index in [0.717, 1.165) is 16.9 Å². The summed E-state index contributed by atoms with van der Waals surface area (Å²) in [6, 6.07) is 3.61. The van der Waals surface area contributed by atoms with E-state index in [0.29, 0.717) is 24.5 Å². The summed E-state index contributed by atoms with van der Waals surface area (Å²) in [7, 11) is 9.14. The van der Waals surface area contributed by atoms with Crippen LogP contribution in [-0.2, 0) is 44.4 Å². The number of anilines is 1. The van der Waals surface area contributed by atoms with Gasteiger partial charge in [-0.2, -0.15) is 0 Å². The summed E-state index contributed by atoms with van der Waals surface area (Å²) in [6.45, 7) is 5.76. The van der Waals surface area contributed by atoms with Crippen molar-refractivity contribution in [3.63, 3.8) is 0 Å². The number of allylic oxidation sites excluding steroid dienone is 3. The third-order valence-electron chi connectivity index (χ3n) is 9.37. The lowest BCUT2D eigenvalue weighted by molar-refractivity contribution is -0.329. The van der Waals surface area contributed by atoms with Crippen molar-refractivity contribution in [3.05, 3.63) is 46.5 Å². The number of aliphatic hydroxyl groups is 1. The number of rotatable bonds is 11. The van der Waals surface area contributed by atoms with E-state index in [4.69, 9.17) is 44.8 Å². The summed E-state index contributed by atoms with van der Waals surface area (Å²) in [6.07, 6.45) is 2.66. The van der Waals surface area contributed by atoms with Gasteiger partial charge in [-0.3, -0.25) is 10.1 Å². The molecule has 13 nitrogen and oxygen atoms in total. The number of fused-ring (bicyclic) bond motifs is 6. The van der Waals surface area contributed by atoms with Crippen LogP contribution in [-0.4, -0.2) is 118 Å². The van der Waals surface area contributed by atoms with Crippen molar-refractivity contribution in [2.45, 2.75) is 87.8 Å². The predicted octanol–water partition coefficient (Wildman–Crippen LogP) is 4.85. The Morgan fingerprint density at radius 1 is 1.22 bits per heavy atom. The molecular weight excluding hydrogens is 724 g/mol. The van der Waals surface area contributed by atoms with Crippen molar-refractivity contribution in [2.75, 3.05) is 58.5 Å². The second-order valence-electron chi connectivity index (χ2n) is 13.3. The van der Waals surface area contributed by atoms with Crippen molar-refractivity contribution in [1.82, 2.24) is 5.32 Å². The Kier molecular flexibility index (Phi) is 14.2. The van der Waals surface area contributed by atoms with Crippen molar-refractivity contribution in [1.29, 1.82) is 0 Å². The zero-order chi connectivity index (χ0) is 37.6. The number of hydrogen-bond acceptors (Lipinski definition) is 13. The molecule has 2 saturated heterocycles. The minimum atomic E-state index is -1.84. The fourth-order valence-electron chi connectivity index (χ4n) is 6.71. The monoisotopic (exact) mass is 772 g/mol. The highest BCUT2D eigenvalue weighted by molar-refractivity contribution is 8.76. The van der Waals surface area contributed by atoms with Gasteiger partial charge >= 0.3 is 12.1 Å². The highest BCUT2D eigenvalue weighted by atomic mass is 35.5. The Bertz CT molecular complexity index is 1490. The molecule has 16 heteroatoms. The number of alkyl carbamates (subject to hydrolysis) is 1. The zero-order valence-electron chi connectivity index (χ0n) is 30.3. The first kappa shape index (κ1) is 41.3. The number of ether oxygens (including phenoxy) is 7. The fourth-order valence-corrected chi connectivity index (χ4v) is 8.08. The van der Waals surface area contributed by atoms with Crippen LogP contribution in [0.2, 0.25) is 5.02 Å². The van der Waals surface area contributed by atoms with Crippen molar-refractivity contribution >= 4 is 56.8 Å². The Morgan fingerprint density at radius 2 is 1.94 bits per heavy atom. The third-order valence-corrected chi connectivity index (χ3v) is 11.5. The molecule has 7 atom stereocenters. The fraction of sp³-hybridized carbons (Fsp3) is 0.629. The number of nitrogens with one attached hydrogen (secondary N) is 1. The molecule has 0 radical (unpaired) electrons. The summed E-state index contributed by atoms with van der Waals surface area (Å²) in [4.78, 5) is 41.9. The molecule has 4 aliphatic rings. The molecule has 4 aliphatic heterocycles. The Balaban J connectivity index is 1.73. The number of nitrogens with zero attached hydrogens (tertiary/aromatic N) is 1. The third kappa shape index (κ3) is 9.74. The van der Waals surface area contributed by atoms with Crippen LogP contribution in [0, 0.1) is 0 Å². The van der Waals surface area contributed by atoms with Gasteiger partial charge in [-0.1, -0.05) is 57.0 Å². The molecule has 0 aromatic heterocycles. The van der Waals surface area contributed by atoms with E-state index in [1.54, 1.807) is 60.7 Å². The van der Waals surface area contributed by atoms with Gasteiger partial charge in [-0.05, 0) is 51.1 Å². The minimum Gasteiger partial charge on any atom is -0.495 e. The summed E-state index contributed by atoms with van der Waals surface area (Å²) in [5.41, 5.74) is -2.00. The van der Waals surface area contributed by atoms with Gasteiger partial charge in [0.1, 0.15) is 40.3 Å². The zero-order valence-corrected chi connectivity index (χ0v) is 32.7. The topological polar surface area (TPSA) is 151 Å². The minimum absolute atomic E-state index is 0.0467. The van der Waals surface area contributed by atoms with Crippen LogP contribution in [0.25, 0.3) is 0 Å². The van der Waals surface area contributed by atoms with Gasteiger partial charge in [0.05, 0.1) is 32.4 Å². The number of amides is 2. The second-order valence-corrected chi connectivity index (χ2v) is 16.3. The van der Waals surface area contributed by atoms with Gasteiger partial charge in [0.15, 0.2) is 11.8 Å². The van der Waals surface area contributed by atoms with Crippen LogP contribution in [0.15, 0.2) is 35.9 Å². The van der Waals surface area contributed by atoms with Gasteiger partial charge < -0.3 is 43.2 Å². The molecule has 2 fully saturated rings. The molecule has 2 N–H and O–H groups in total. The molecule has 1 aromatic rings. The Hall–Kier alpha value is -2.50. The number of methoxy groups -OCH3 is 3. The largest absolute Gasteiger partial charge is 0.495 e. The lowest BCUT2D eigenvalue weighted by atomic mass is 9.72. The Morgan fingerprint density at radius 3 is 2.59 bits per heavy atom. The first-order valence-electron chi connectivity index (χ1n) is 16.5. The summed E-state index contributed by atoms with van der Waals surface area (Å²) in [5, 5.41) is 14.5. The second kappa shape index (κ2) is 17.5. The van der Waals surface area contributed by atoms with E-state index in [2.05, 4.69) is 5.32 Å². The highest BCUT2D eigenvalue weighted by Gasteiger charge is 2.63.